The standard InChI is InChI=1S/C23H23N3O4/c1-24(18-8-3-2-4-9-18)21(27)16-25-11-13-26(14-12-25)22(28)19-15-17-7-5-6-10-20(17)30-23(19)29/h2-10,15H,11-14,16H2,1H3. The molecule has 0 unspecified atom stereocenters. The summed E-state index contributed by atoms with van der Waals surface area (Å²) >= 11 is 0. The zero-order valence-corrected chi connectivity index (χ0v) is 16.8. The minimum Gasteiger partial charge on any atom is -0.422 e. The number of piperazine rings is 1. The summed E-state index contributed by atoms with van der Waals surface area (Å²) in [5, 5.41) is 0.716. The Balaban J connectivity index is 1.37. The van der Waals surface area contributed by atoms with Crippen LogP contribution in [0.2, 0.25) is 0 Å². The molecule has 3 aromatic rings. The maximum absolute atomic E-state index is 12.9. The SMILES string of the molecule is CN(C(=O)CN1CCN(C(=O)c2cc3ccccc3oc2=O)CC1)c1ccccc1. The first-order valence-corrected chi connectivity index (χ1v) is 9.89. The number of amides is 2. The van der Waals surface area contributed by atoms with Crippen molar-refractivity contribution in [1.29, 1.82) is 0 Å². The van der Waals surface area contributed by atoms with Crippen LogP contribution in [0, 0.1) is 0 Å². The Kier molecular flexibility index (Phi) is 5.63. The highest BCUT2D eigenvalue weighted by Gasteiger charge is 2.26. The third-order valence-electron chi connectivity index (χ3n) is 5.41. The van der Waals surface area contributed by atoms with Crippen molar-refractivity contribution in [2.45, 2.75) is 0 Å². The van der Waals surface area contributed by atoms with Gasteiger partial charge >= 0.3 is 5.63 Å². The van der Waals surface area contributed by atoms with Crippen molar-refractivity contribution in [2.24, 2.45) is 0 Å². The van der Waals surface area contributed by atoms with Crippen LogP contribution in [0.1, 0.15) is 10.4 Å². The van der Waals surface area contributed by atoms with Crippen LogP contribution < -0.4 is 10.5 Å². The lowest BCUT2D eigenvalue weighted by molar-refractivity contribution is -0.119. The highest BCUT2D eigenvalue weighted by Crippen LogP contribution is 2.15. The Morgan fingerprint density at radius 2 is 1.63 bits per heavy atom. The largest absolute Gasteiger partial charge is 0.422 e. The van der Waals surface area contributed by atoms with Crippen LogP contribution in [0.25, 0.3) is 11.0 Å². The number of hydrogen-bond donors (Lipinski definition) is 0. The Hall–Kier alpha value is -3.45. The van der Waals surface area contributed by atoms with Gasteiger partial charge in [0.15, 0.2) is 0 Å². The predicted octanol–water partition coefficient (Wildman–Crippen LogP) is 2.21. The lowest BCUT2D eigenvalue weighted by Gasteiger charge is -2.34. The summed E-state index contributed by atoms with van der Waals surface area (Å²) in [5.74, 6) is -0.335. The second-order valence-electron chi connectivity index (χ2n) is 7.34. The maximum atomic E-state index is 12.9. The summed E-state index contributed by atoms with van der Waals surface area (Å²) < 4.78 is 5.28. The summed E-state index contributed by atoms with van der Waals surface area (Å²) in [6, 6.07) is 18.2. The zero-order chi connectivity index (χ0) is 21.1. The second kappa shape index (κ2) is 8.51. The van der Waals surface area contributed by atoms with Crippen LogP contribution >= 0.6 is 0 Å². The molecular weight excluding hydrogens is 382 g/mol. The van der Waals surface area contributed by atoms with Gasteiger partial charge in [-0.1, -0.05) is 36.4 Å². The summed E-state index contributed by atoms with van der Waals surface area (Å²) in [7, 11) is 1.76. The third-order valence-corrected chi connectivity index (χ3v) is 5.41. The second-order valence-corrected chi connectivity index (χ2v) is 7.34. The summed E-state index contributed by atoms with van der Waals surface area (Å²) in [6.07, 6.45) is 0. The van der Waals surface area contributed by atoms with E-state index in [4.69, 9.17) is 4.42 Å². The van der Waals surface area contributed by atoms with Crippen molar-refractivity contribution >= 4 is 28.5 Å². The van der Waals surface area contributed by atoms with E-state index in [-0.39, 0.29) is 23.9 Å². The van der Waals surface area contributed by atoms with Crippen molar-refractivity contribution in [3.63, 3.8) is 0 Å². The lowest BCUT2D eigenvalue weighted by atomic mass is 10.1. The van der Waals surface area contributed by atoms with E-state index in [9.17, 15) is 14.4 Å². The molecule has 0 spiro atoms. The molecule has 1 aromatic heterocycles. The molecule has 2 heterocycles. The molecule has 1 saturated heterocycles. The molecule has 2 aromatic carbocycles. The van der Waals surface area contributed by atoms with E-state index in [0.717, 1.165) is 5.69 Å². The first-order chi connectivity index (χ1) is 14.5. The molecule has 0 bridgehead atoms. The van der Waals surface area contributed by atoms with Gasteiger partial charge in [-0.05, 0) is 24.3 Å². The quantitative estimate of drug-likeness (QED) is 0.623. The number of likely N-dealkylation sites (N-methyl/N-ethyl adjacent to an activating group) is 1. The molecule has 0 saturated carbocycles. The maximum Gasteiger partial charge on any atom is 0.349 e. The highest BCUT2D eigenvalue weighted by atomic mass is 16.4. The van der Waals surface area contributed by atoms with E-state index in [0.29, 0.717) is 37.1 Å². The molecular formula is C23H23N3O4. The molecule has 0 aliphatic carbocycles. The van der Waals surface area contributed by atoms with Gasteiger partial charge in [-0.25, -0.2) is 4.79 Å². The number of hydrogen-bond acceptors (Lipinski definition) is 5. The molecule has 7 nitrogen and oxygen atoms in total. The molecule has 0 N–H and O–H groups in total. The van der Waals surface area contributed by atoms with Gasteiger partial charge in [-0.15, -0.1) is 0 Å². The molecule has 0 radical (unpaired) electrons. The van der Waals surface area contributed by atoms with E-state index in [1.807, 2.05) is 47.4 Å². The minimum absolute atomic E-state index is 0.00356. The Morgan fingerprint density at radius 1 is 0.967 bits per heavy atom. The Labute approximate surface area is 174 Å². The van der Waals surface area contributed by atoms with E-state index >= 15 is 0 Å². The van der Waals surface area contributed by atoms with Crippen molar-refractivity contribution in [1.82, 2.24) is 9.80 Å². The summed E-state index contributed by atoms with van der Waals surface area (Å²) in [5.41, 5.74) is 0.729. The van der Waals surface area contributed by atoms with Crippen LogP contribution in [0.5, 0.6) is 0 Å². The van der Waals surface area contributed by atoms with E-state index < -0.39 is 5.63 Å². The van der Waals surface area contributed by atoms with Crippen molar-refractivity contribution in [2.75, 3.05) is 44.7 Å². The number of para-hydroxylation sites is 2. The van der Waals surface area contributed by atoms with Crippen molar-refractivity contribution < 1.29 is 14.0 Å². The molecule has 1 aliphatic heterocycles. The number of carbonyl (C=O) groups is 2. The first kappa shape index (κ1) is 19.8. The Morgan fingerprint density at radius 3 is 2.37 bits per heavy atom. The molecule has 1 aliphatic rings. The molecule has 4 rings (SSSR count). The number of rotatable bonds is 4. The van der Waals surface area contributed by atoms with Gasteiger partial charge in [-0.3, -0.25) is 14.5 Å². The molecule has 0 atom stereocenters. The van der Waals surface area contributed by atoms with Gasteiger partial charge in [0.25, 0.3) is 5.91 Å². The fraction of sp³-hybridized carbons (Fsp3) is 0.261. The van der Waals surface area contributed by atoms with Gasteiger partial charge in [0.05, 0.1) is 6.54 Å². The van der Waals surface area contributed by atoms with Crippen LogP contribution in [-0.4, -0.2) is 61.4 Å². The number of anilines is 1. The smallest absolute Gasteiger partial charge is 0.349 e. The minimum atomic E-state index is -0.624. The number of fused-ring (bicyclic) bond motifs is 1. The monoisotopic (exact) mass is 405 g/mol. The topological polar surface area (TPSA) is 74.1 Å². The molecule has 7 heteroatoms. The van der Waals surface area contributed by atoms with E-state index in [1.54, 1.807) is 35.0 Å². The first-order valence-electron chi connectivity index (χ1n) is 9.89. The average Bonchev–Trinajstić information content (AvgIpc) is 2.78. The molecule has 154 valence electrons. The molecule has 2 amide bonds. The van der Waals surface area contributed by atoms with Crippen LogP contribution in [0.15, 0.2) is 69.9 Å². The van der Waals surface area contributed by atoms with Crippen molar-refractivity contribution in [3.8, 4) is 0 Å². The highest BCUT2D eigenvalue weighted by molar-refractivity contribution is 5.97. The van der Waals surface area contributed by atoms with Gasteiger partial charge in [0.2, 0.25) is 5.91 Å². The number of benzene rings is 2. The fourth-order valence-corrected chi connectivity index (χ4v) is 3.58. The van der Waals surface area contributed by atoms with Gasteiger partial charge < -0.3 is 14.2 Å². The van der Waals surface area contributed by atoms with E-state index in [1.165, 1.54) is 0 Å². The number of nitrogens with zero attached hydrogens (tertiary/aromatic N) is 3. The van der Waals surface area contributed by atoms with Gasteiger partial charge in [-0.2, -0.15) is 0 Å². The van der Waals surface area contributed by atoms with Gasteiger partial charge in [0.1, 0.15) is 11.1 Å². The summed E-state index contributed by atoms with van der Waals surface area (Å²) in [4.78, 5) is 43.0. The van der Waals surface area contributed by atoms with Gasteiger partial charge in [0, 0.05) is 44.3 Å². The predicted molar refractivity (Wildman–Crippen MR) is 115 cm³/mol. The van der Waals surface area contributed by atoms with Crippen LogP contribution in [0.3, 0.4) is 0 Å². The lowest BCUT2D eigenvalue weighted by Crippen LogP contribution is -2.51. The van der Waals surface area contributed by atoms with E-state index in [2.05, 4.69) is 0 Å². The normalized spacial score (nSPS) is 14.6. The molecule has 30 heavy (non-hydrogen) atoms. The average molecular weight is 405 g/mol. The zero-order valence-electron chi connectivity index (χ0n) is 16.8. The molecule has 1 fully saturated rings. The third kappa shape index (κ3) is 4.11. The van der Waals surface area contributed by atoms with Crippen LogP contribution in [0.4, 0.5) is 5.69 Å². The van der Waals surface area contributed by atoms with Crippen LogP contribution in [-0.2, 0) is 4.79 Å². The fourth-order valence-electron chi connectivity index (χ4n) is 3.58. The van der Waals surface area contributed by atoms with Crippen molar-refractivity contribution in [3.05, 3.63) is 76.6 Å². The number of carbonyl (C=O) groups excluding carboxylic acids is 2. The Bertz CT molecular complexity index is 1120. The summed E-state index contributed by atoms with van der Waals surface area (Å²) in [6.45, 7) is 2.32.